The highest BCUT2D eigenvalue weighted by molar-refractivity contribution is 8.00. The summed E-state index contributed by atoms with van der Waals surface area (Å²) in [6.07, 6.45) is 0. The van der Waals surface area contributed by atoms with Crippen LogP contribution in [0.4, 0.5) is 0 Å². The summed E-state index contributed by atoms with van der Waals surface area (Å²) in [7, 11) is -3.11. The van der Waals surface area contributed by atoms with Gasteiger partial charge in [0, 0.05) is 56.3 Å². The van der Waals surface area contributed by atoms with Crippen molar-refractivity contribution in [1.82, 2.24) is 14.5 Å². The number of sulfonamides is 1. The van der Waals surface area contributed by atoms with Gasteiger partial charge in [-0.15, -0.1) is 0 Å². The summed E-state index contributed by atoms with van der Waals surface area (Å²) in [6, 6.07) is 0.117. The predicted octanol–water partition coefficient (Wildman–Crippen LogP) is 0.0472. The van der Waals surface area contributed by atoms with E-state index in [2.05, 4.69) is 17.1 Å². The van der Waals surface area contributed by atoms with E-state index in [0.717, 1.165) is 31.9 Å². The number of piperazine rings is 1. The lowest BCUT2D eigenvalue weighted by Crippen LogP contribution is -2.51. The molecule has 2 atom stereocenters. The third kappa shape index (κ3) is 4.07. The standard InChI is InChI=1S/C12H25N3O2S2/c1-11-12(2)18-9-7-15(11)19(16,17)10-8-14-5-3-13-4-6-14/h11-13H,3-10H2,1-2H3. The van der Waals surface area contributed by atoms with Crippen molar-refractivity contribution in [3.05, 3.63) is 0 Å². The Bertz CT molecular complexity index is 382. The fourth-order valence-corrected chi connectivity index (χ4v) is 5.67. The molecule has 2 aliphatic heterocycles. The van der Waals surface area contributed by atoms with Gasteiger partial charge in [-0.2, -0.15) is 16.1 Å². The normalized spacial score (nSPS) is 31.5. The van der Waals surface area contributed by atoms with Crippen LogP contribution in [0.25, 0.3) is 0 Å². The first-order chi connectivity index (χ1) is 9.00. The van der Waals surface area contributed by atoms with Crippen LogP contribution in [0, 0.1) is 0 Å². The van der Waals surface area contributed by atoms with Gasteiger partial charge in [-0.25, -0.2) is 8.42 Å². The first-order valence-corrected chi connectivity index (χ1v) is 9.71. The van der Waals surface area contributed by atoms with Crippen LogP contribution >= 0.6 is 11.8 Å². The van der Waals surface area contributed by atoms with Crippen LogP contribution in [0.2, 0.25) is 0 Å². The van der Waals surface area contributed by atoms with Gasteiger partial charge in [-0.05, 0) is 6.92 Å². The van der Waals surface area contributed by atoms with E-state index in [1.54, 1.807) is 4.31 Å². The number of nitrogens with zero attached hydrogens (tertiary/aromatic N) is 2. The van der Waals surface area contributed by atoms with Gasteiger partial charge in [-0.3, -0.25) is 4.90 Å². The molecule has 5 nitrogen and oxygen atoms in total. The molecule has 2 saturated heterocycles. The third-order valence-electron chi connectivity index (χ3n) is 4.06. The molecule has 2 unspecified atom stereocenters. The first-order valence-electron chi connectivity index (χ1n) is 7.05. The van der Waals surface area contributed by atoms with E-state index >= 15 is 0 Å². The Morgan fingerprint density at radius 2 is 1.89 bits per heavy atom. The fraction of sp³-hybridized carbons (Fsp3) is 1.00. The highest BCUT2D eigenvalue weighted by Gasteiger charge is 2.33. The second-order valence-corrected chi connectivity index (χ2v) is 8.86. The van der Waals surface area contributed by atoms with Gasteiger partial charge in [0.1, 0.15) is 0 Å². The van der Waals surface area contributed by atoms with E-state index in [0.29, 0.717) is 18.3 Å². The van der Waals surface area contributed by atoms with Gasteiger partial charge in [0.2, 0.25) is 10.0 Å². The molecule has 7 heteroatoms. The Balaban J connectivity index is 1.89. The number of rotatable bonds is 4. The molecule has 2 fully saturated rings. The molecular formula is C12H25N3O2S2. The van der Waals surface area contributed by atoms with Gasteiger partial charge in [0.05, 0.1) is 5.75 Å². The SMILES string of the molecule is CC1SCCN(S(=O)(=O)CCN2CCNCC2)C1C. The lowest BCUT2D eigenvalue weighted by atomic mass is 10.2. The van der Waals surface area contributed by atoms with Gasteiger partial charge in [-0.1, -0.05) is 6.92 Å². The molecule has 0 aromatic heterocycles. The summed E-state index contributed by atoms with van der Waals surface area (Å²) in [5.74, 6) is 1.17. The monoisotopic (exact) mass is 307 g/mol. The molecule has 0 spiro atoms. The molecule has 0 bridgehead atoms. The first kappa shape index (κ1) is 15.6. The molecule has 0 aromatic rings. The van der Waals surface area contributed by atoms with Crippen molar-refractivity contribution in [3.8, 4) is 0 Å². The van der Waals surface area contributed by atoms with Crippen LogP contribution in [0.5, 0.6) is 0 Å². The van der Waals surface area contributed by atoms with E-state index < -0.39 is 10.0 Å². The zero-order chi connectivity index (χ0) is 13.9. The summed E-state index contributed by atoms with van der Waals surface area (Å²) in [5.41, 5.74) is 0. The van der Waals surface area contributed by atoms with Crippen LogP contribution in [0.1, 0.15) is 13.8 Å². The Kier molecular flexibility index (Phi) is 5.54. The van der Waals surface area contributed by atoms with Crippen LogP contribution < -0.4 is 5.32 Å². The Morgan fingerprint density at radius 1 is 1.21 bits per heavy atom. The number of thioether (sulfide) groups is 1. The minimum absolute atomic E-state index is 0.117. The smallest absolute Gasteiger partial charge is 0.215 e. The van der Waals surface area contributed by atoms with Crippen LogP contribution in [-0.2, 0) is 10.0 Å². The van der Waals surface area contributed by atoms with E-state index in [9.17, 15) is 8.42 Å². The molecule has 1 N–H and O–H groups in total. The molecule has 2 aliphatic rings. The second kappa shape index (κ2) is 6.76. The van der Waals surface area contributed by atoms with Crippen molar-refractivity contribution in [2.24, 2.45) is 0 Å². The lowest BCUT2D eigenvalue weighted by Gasteiger charge is -2.37. The van der Waals surface area contributed by atoms with Gasteiger partial charge in [0.15, 0.2) is 0 Å². The zero-order valence-corrected chi connectivity index (χ0v) is 13.5. The van der Waals surface area contributed by atoms with Crippen LogP contribution in [0.3, 0.4) is 0 Å². The van der Waals surface area contributed by atoms with Crippen molar-refractivity contribution >= 4 is 21.8 Å². The third-order valence-corrected chi connectivity index (χ3v) is 7.32. The van der Waals surface area contributed by atoms with Crippen LogP contribution in [0.15, 0.2) is 0 Å². The number of hydrogen-bond donors (Lipinski definition) is 1. The minimum atomic E-state index is -3.11. The van der Waals surface area contributed by atoms with Crippen molar-refractivity contribution in [1.29, 1.82) is 0 Å². The Hall–Kier alpha value is 0.180. The highest BCUT2D eigenvalue weighted by atomic mass is 32.2. The van der Waals surface area contributed by atoms with E-state index in [-0.39, 0.29) is 11.8 Å². The molecular weight excluding hydrogens is 282 g/mol. The van der Waals surface area contributed by atoms with Crippen molar-refractivity contribution in [3.63, 3.8) is 0 Å². The maximum Gasteiger partial charge on any atom is 0.215 e. The minimum Gasteiger partial charge on any atom is -0.314 e. The Labute approximate surface area is 121 Å². The Morgan fingerprint density at radius 3 is 2.58 bits per heavy atom. The average molecular weight is 307 g/mol. The molecule has 0 radical (unpaired) electrons. The molecule has 0 aliphatic carbocycles. The van der Waals surface area contributed by atoms with Crippen molar-refractivity contribution in [2.75, 3.05) is 50.8 Å². The van der Waals surface area contributed by atoms with E-state index in [1.807, 2.05) is 18.7 Å². The second-order valence-electron chi connectivity index (χ2n) is 5.33. The largest absolute Gasteiger partial charge is 0.314 e. The molecule has 0 amide bonds. The molecule has 2 rings (SSSR count). The molecule has 0 saturated carbocycles. The molecule has 112 valence electrons. The quantitative estimate of drug-likeness (QED) is 0.795. The molecule has 0 aromatic carbocycles. The van der Waals surface area contributed by atoms with Crippen LogP contribution in [-0.4, -0.2) is 79.7 Å². The predicted molar refractivity (Wildman–Crippen MR) is 81.2 cm³/mol. The zero-order valence-electron chi connectivity index (χ0n) is 11.8. The molecule has 2 heterocycles. The summed E-state index contributed by atoms with van der Waals surface area (Å²) in [5, 5.41) is 3.68. The van der Waals surface area contributed by atoms with Gasteiger partial charge in [0.25, 0.3) is 0 Å². The summed E-state index contributed by atoms with van der Waals surface area (Å²) < 4.78 is 26.6. The fourth-order valence-electron chi connectivity index (χ4n) is 2.59. The van der Waals surface area contributed by atoms with Gasteiger partial charge >= 0.3 is 0 Å². The maximum atomic E-state index is 12.5. The molecule has 19 heavy (non-hydrogen) atoms. The lowest BCUT2D eigenvalue weighted by molar-refractivity contribution is 0.251. The van der Waals surface area contributed by atoms with E-state index in [1.165, 1.54) is 0 Å². The average Bonchev–Trinajstić information content (AvgIpc) is 2.41. The van der Waals surface area contributed by atoms with Crippen molar-refractivity contribution in [2.45, 2.75) is 25.1 Å². The number of hydrogen-bond acceptors (Lipinski definition) is 5. The van der Waals surface area contributed by atoms with Gasteiger partial charge < -0.3 is 5.32 Å². The van der Waals surface area contributed by atoms with E-state index in [4.69, 9.17) is 0 Å². The highest BCUT2D eigenvalue weighted by Crippen LogP contribution is 2.26. The number of nitrogens with one attached hydrogen (secondary N) is 1. The maximum absolute atomic E-state index is 12.5. The van der Waals surface area contributed by atoms with Crippen molar-refractivity contribution < 1.29 is 8.42 Å². The topological polar surface area (TPSA) is 52.7 Å². The summed E-state index contributed by atoms with van der Waals surface area (Å²) >= 11 is 1.87. The summed E-state index contributed by atoms with van der Waals surface area (Å²) in [4.78, 5) is 2.24. The summed E-state index contributed by atoms with van der Waals surface area (Å²) in [6.45, 7) is 9.32.